The van der Waals surface area contributed by atoms with Gasteiger partial charge in [-0.15, -0.1) is 0 Å². The Hall–Kier alpha value is -1.77. The summed E-state index contributed by atoms with van der Waals surface area (Å²) >= 11 is 0. The highest BCUT2D eigenvalue weighted by atomic mass is 16.5. The number of hydrogen-bond acceptors (Lipinski definition) is 6. The van der Waals surface area contributed by atoms with Crippen molar-refractivity contribution in [1.29, 1.82) is 0 Å². The summed E-state index contributed by atoms with van der Waals surface area (Å²) < 4.78 is 5.14. The summed E-state index contributed by atoms with van der Waals surface area (Å²) in [6, 6.07) is -0.794. The van der Waals surface area contributed by atoms with E-state index in [4.69, 9.17) is 4.74 Å². The van der Waals surface area contributed by atoms with E-state index in [1.165, 1.54) is 31.4 Å². The molecule has 0 saturated carbocycles. The maximum atomic E-state index is 11.8. The van der Waals surface area contributed by atoms with Crippen LogP contribution in [-0.4, -0.2) is 37.3 Å². The number of aliphatic imine (C=N–C) groups is 2. The van der Waals surface area contributed by atoms with Gasteiger partial charge in [0.05, 0.1) is 13.2 Å². The number of carbonyl (C=O) groups excluding carboxylic acids is 3. The topological polar surface area (TPSA) is 85.2 Å². The van der Waals surface area contributed by atoms with Crippen LogP contribution in [0.4, 0.5) is 0 Å². The fourth-order valence-corrected chi connectivity index (χ4v) is 2.02. The molecule has 0 heterocycles. The Morgan fingerprint density at radius 1 is 1.00 bits per heavy atom. The van der Waals surface area contributed by atoms with Crippen molar-refractivity contribution in [3.05, 3.63) is 0 Å². The Morgan fingerprint density at radius 2 is 1.73 bits per heavy atom. The summed E-state index contributed by atoms with van der Waals surface area (Å²) in [4.78, 5) is 39.0. The average Bonchev–Trinajstić information content (AvgIpc) is 2.52. The monoisotopic (exact) mass is 310 g/mol. The Morgan fingerprint density at radius 3 is 2.41 bits per heavy atom. The minimum Gasteiger partial charge on any atom is -0.464 e. The Labute approximate surface area is 132 Å². The lowest BCUT2D eigenvalue weighted by atomic mass is 10.1. The van der Waals surface area contributed by atoms with Gasteiger partial charge in [-0.2, -0.15) is 4.99 Å². The van der Waals surface area contributed by atoms with E-state index in [2.05, 4.69) is 16.9 Å². The number of nitrogens with zero attached hydrogens (tertiary/aromatic N) is 2. The van der Waals surface area contributed by atoms with Crippen molar-refractivity contribution in [1.82, 2.24) is 0 Å². The molecule has 0 bridgehead atoms. The van der Waals surface area contributed by atoms with Crippen molar-refractivity contribution in [2.75, 3.05) is 13.2 Å². The first-order chi connectivity index (χ1) is 10.8. The number of rotatable bonds is 14. The van der Waals surface area contributed by atoms with E-state index in [1.807, 2.05) is 0 Å². The van der Waals surface area contributed by atoms with Crippen LogP contribution in [0.25, 0.3) is 0 Å². The largest absolute Gasteiger partial charge is 0.464 e. The van der Waals surface area contributed by atoms with Crippen LogP contribution in [0.5, 0.6) is 0 Å². The number of esters is 1. The average molecular weight is 310 g/mol. The second-order valence-electron chi connectivity index (χ2n) is 5.14. The molecule has 0 rings (SSSR count). The van der Waals surface area contributed by atoms with Crippen LogP contribution in [0, 0.1) is 0 Å². The highest BCUT2D eigenvalue weighted by Crippen LogP contribution is 2.09. The molecular weight excluding hydrogens is 284 g/mol. The molecule has 0 amide bonds. The van der Waals surface area contributed by atoms with Crippen molar-refractivity contribution in [3.8, 4) is 0 Å². The Balaban J connectivity index is 3.84. The first-order valence-electron chi connectivity index (χ1n) is 8.03. The maximum Gasteiger partial charge on any atom is 0.331 e. The zero-order valence-electron chi connectivity index (χ0n) is 13.4. The van der Waals surface area contributed by atoms with Gasteiger partial charge in [-0.25, -0.2) is 19.4 Å². The van der Waals surface area contributed by atoms with Gasteiger partial charge in [0.2, 0.25) is 12.2 Å². The van der Waals surface area contributed by atoms with Crippen molar-refractivity contribution >= 4 is 18.1 Å². The van der Waals surface area contributed by atoms with Gasteiger partial charge in [-0.05, 0) is 25.7 Å². The molecule has 124 valence electrons. The molecule has 0 aliphatic heterocycles. The van der Waals surface area contributed by atoms with Gasteiger partial charge < -0.3 is 4.74 Å². The van der Waals surface area contributed by atoms with Gasteiger partial charge in [0, 0.05) is 0 Å². The van der Waals surface area contributed by atoms with Crippen molar-refractivity contribution in [2.45, 2.75) is 70.8 Å². The van der Waals surface area contributed by atoms with Crippen LogP contribution in [0.1, 0.15) is 64.7 Å². The Kier molecular flexibility index (Phi) is 14.4. The van der Waals surface area contributed by atoms with Crippen LogP contribution in [-0.2, 0) is 19.1 Å². The third-order valence-electron chi connectivity index (χ3n) is 3.28. The second kappa shape index (κ2) is 15.6. The zero-order valence-corrected chi connectivity index (χ0v) is 13.4. The Bertz CT molecular complexity index is 386. The highest BCUT2D eigenvalue weighted by molar-refractivity contribution is 5.76. The van der Waals surface area contributed by atoms with Crippen LogP contribution >= 0.6 is 0 Å². The SMILES string of the molecule is CCCCCCCCOC(=O)C(CCCCN=C=O)N=C=O. The molecule has 0 radical (unpaired) electrons. The summed E-state index contributed by atoms with van der Waals surface area (Å²) in [6.45, 7) is 2.90. The third-order valence-corrected chi connectivity index (χ3v) is 3.28. The number of hydrogen-bond donors (Lipinski definition) is 0. The molecule has 6 heteroatoms. The predicted octanol–water partition coefficient (Wildman–Crippen LogP) is 3.10. The summed E-state index contributed by atoms with van der Waals surface area (Å²) in [5.41, 5.74) is 0. The molecule has 0 aliphatic rings. The smallest absolute Gasteiger partial charge is 0.331 e. The molecular formula is C16H26N2O4. The predicted molar refractivity (Wildman–Crippen MR) is 83.1 cm³/mol. The summed E-state index contributed by atoms with van der Waals surface area (Å²) in [7, 11) is 0. The van der Waals surface area contributed by atoms with E-state index in [0.717, 1.165) is 19.3 Å². The molecule has 0 saturated heterocycles. The van der Waals surface area contributed by atoms with Crippen LogP contribution in [0.2, 0.25) is 0 Å². The van der Waals surface area contributed by atoms with Crippen molar-refractivity contribution < 1.29 is 19.1 Å². The van der Waals surface area contributed by atoms with Crippen LogP contribution in [0.3, 0.4) is 0 Å². The van der Waals surface area contributed by atoms with E-state index in [1.54, 1.807) is 0 Å². The molecule has 0 N–H and O–H groups in total. The van der Waals surface area contributed by atoms with E-state index < -0.39 is 12.0 Å². The van der Waals surface area contributed by atoms with E-state index in [0.29, 0.717) is 32.4 Å². The van der Waals surface area contributed by atoms with Gasteiger partial charge in [0.25, 0.3) is 0 Å². The lowest BCUT2D eigenvalue weighted by molar-refractivity contribution is -0.145. The van der Waals surface area contributed by atoms with E-state index in [-0.39, 0.29) is 0 Å². The molecule has 1 atom stereocenters. The minimum absolute atomic E-state index is 0.366. The lowest BCUT2D eigenvalue weighted by Crippen LogP contribution is -2.22. The highest BCUT2D eigenvalue weighted by Gasteiger charge is 2.18. The standard InChI is InChI=1S/C16H26N2O4/c1-2-3-4-5-6-9-12-22-16(21)15(18-14-20)10-7-8-11-17-13-19/h15H,2-12H2,1H3. The molecule has 0 fully saturated rings. The summed E-state index contributed by atoms with van der Waals surface area (Å²) in [5.74, 6) is -0.476. The molecule has 0 aromatic rings. The van der Waals surface area contributed by atoms with Crippen LogP contribution in [0.15, 0.2) is 9.98 Å². The maximum absolute atomic E-state index is 11.8. The fraction of sp³-hybridized carbons (Fsp3) is 0.812. The summed E-state index contributed by atoms with van der Waals surface area (Å²) in [5, 5.41) is 0. The van der Waals surface area contributed by atoms with Gasteiger partial charge in [-0.3, -0.25) is 0 Å². The molecule has 6 nitrogen and oxygen atoms in total. The third kappa shape index (κ3) is 12.0. The normalized spacial score (nSPS) is 11.1. The fourth-order valence-electron chi connectivity index (χ4n) is 2.02. The first kappa shape index (κ1) is 20.2. The molecule has 0 spiro atoms. The van der Waals surface area contributed by atoms with Gasteiger partial charge in [0.1, 0.15) is 0 Å². The minimum atomic E-state index is -0.794. The molecule has 0 aliphatic carbocycles. The van der Waals surface area contributed by atoms with Gasteiger partial charge >= 0.3 is 5.97 Å². The molecule has 0 aromatic heterocycles. The molecule has 22 heavy (non-hydrogen) atoms. The summed E-state index contributed by atoms with van der Waals surface area (Å²) in [6.07, 6.45) is 11.2. The quantitative estimate of drug-likeness (QED) is 0.213. The molecule has 1 unspecified atom stereocenters. The van der Waals surface area contributed by atoms with E-state index >= 15 is 0 Å². The van der Waals surface area contributed by atoms with Crippen molar-refractivity contribution in [3.63, 3.8) is 0 Å². The van der Waals surface area contributed by atoms with Crippen molar-refractivity contribution in [2.24, 2.45) is 9.98 Å². The first-order valence-corrected chi connectivity index (χ1v) is 8.03. The van der Waals surface area contributed by atoms with Gasteiger partial charge in [-0.1, -0.05) is 39.0 Å². The number of ether oxygens (including phenoxy) is 1. The number of unbranched alkanes of at least 4 members (excludes halogenated alkanes) is 6. The number of isocyanates is 2. The zero-order chi connectivity index (χ0) is 16.5. The lowest BCUT2D eigenvalue weighted by Gasteiger charge is -2.10. The van der Waals surface area contributed by atoms with Crippen LogP contribution < -0.4 is 0 Å². The van der Waals surface area contributed by atoms with Gasteiger partial charge in [0.15, 0.2) is 6.04 Å². The second-order valence-corrected chi connectivity index (χ2v) is 5.14. The molecule has 0 aromatic carbocycles. The van der Waals surface area contributed by atoms with E-state index in [9.17, 15) is 14.4 Å². The number of carbonyl (C=O) groups is 1.